The second kappa shape index (κ2) is 10.4. The number of fused-ring (bicyclic) bond motifs is 1. The van der Waals surface area contributed by atoms with Gasteiger partial charge in [0.05, 0.1) is 11.1 Å². The van der Waals surface area contributed by atoms with Gasteiger partial charge in [-0.3, -0.25) is 4.79 Å². The zero-order chi connectivity index (χ0) is 20.6. The molecule has 1 heterocycles. The summed E-state index contributed by atoms with van der Waals surface area (Å²) in [4.78, 5) is 13.4. The van der Waals surface area contributed by atoms with E-state index in [0.717, 1.165) is 40.6 Å². The van der Waals surface area contributed by atoms with E-state index in [9.17, 15) is 4.79 Å². The highest BCUT2D eigenvalue weighted by molar-refractivity contribution is 6.17. The molecule has 2 aromatic carbocycles. The third-order valence-corrected chi connectivity index (χ3v) is 5.62. The largest absolute Gasteiger partial charge is 0.358 e. The maximum absolute atomic E-state index is 13.4. The van der Waals surface area contributed by atoms with E-state index in [1.54, 1.807) is 0 Å². The Bertz CT molecular complexity index is 927. The van der Waals surface area contributed by atoms with E-state index < -0.39 is 0 Å². The molecule has 154 valence electrons. The predicted molar refractivity (Wildman–Crippen MR) is 121 cm³/mol. The second-order valence-corrected chi connectivity index (χ2v) is 7.66. The molecule has 0 saturated carbocycles. The van der Waals surface area contributed by atoms with Crippen LogP contribution in [-0.2, 0) is 4.74 Å². The van der Waals surface area contributed by atoms with Crippen molar-refractivity contribution in [2.75, 3.05) is 6.61 Å². The molecule has 1 unspecified atom stereocenters. The first-order valence-corrected chi connectivity index (χ1v) is 11.0. The van der Waals surface area contributed by atoms with Crippen LogP contribution >= 0.6 is 0 Å². The number of unbranched alkanes of at least 4 members (excludes halogenated alkanes) is 4. The van der Waals surface area contributed by atoms with Crippen molar-refractivity contribution in [1.29, 1.82) is 0 Å². The van der Waals surface area contributed by atoms with Crippen LogP contribution in [0.4, 0.5) is 0 Å². The van der Waals surface area contributed by atoms with Crippen LogP contribution in [0.15, 0.2) is 54.6 Å². The van der Waals surface area contributed by atoms with Crippen molar-refractivity contribution < 1.29 is 9.53 Å². The first-order chi connectivity index (χ1) is 14.2. The lowest BCUT2D eigenvalue weighted by molar-refractivity contribution is 0.00429. The molecular formula is C26H33NO2. The Morgan fingerprint density at radius 3 is 2.34 bits per heavy atom. The van der Waals surface area contributed by atoms with Crippen LogP contribution in [0.25, 0.3) is 10.9 Å². The lowest BCUT2D eigenvalue weighted by Crippen LogP contribution is -2.15. The lowest BCUT2D eigenvalue weighted by Gasteiger charge is -2.22. The normalized spacial score (nSPS) is 12.4. The van der Waals surface area contributed by atoms with Gasteiger partial charge in [-0.1, -0.05) is 81.1 Å². The summed E-state index contributed by atoms with van der Waals surface area (Å²) in [7, 11) is 0. The fourth-order valence-electron chi connectivity index (χ4n) is 4.18. The standard InChI is InChI=1S/C26H33NO2/c1-4-6-7-8-12-19-24(29-5-2)27-20(3)25(22-17-13-14-18-23(22)27)26(28)21-15-10-9-11-16-21/h9-11,13-18,24H,4-8,12,19H2,1-3H3. The average Bonchev–Trinajstić information content (AvgIpc) is 3.04. The van der Waals surface area contributed by atoms with Gasteiger partial charge in [0, 0.05) is 23.3 Å². The van der Waals surface area contributed by atoms with Crippen LogP contribution in [0.1, 0.15) is 80.2 Å². The number of aromatic nitrogens is 1. The number of carbonyl (C=O) groups is 1. The SMILES string of the molecule is CCCCCCCC(OCC)n1c(C)c(C(=O)c2ccccc2)c2ccccc21. The van der Waals surface area contributed by atoms with Gasteiger partial charge in [0.1, 0.15) is 6.23 Å². The Labute approximate surface area is 174 Å². The van der Waals surface area contributed by atoms with Crippen LogP contribution < -0.4 is 0 Å². The van der Waals surface area contributed by atoms with Crippen molar-refractivity contribution in [3.8, 4) is 0 Å². The summed E-state index contributed by atoms with van der Waals surface area (Å²) in [6.45, 7) is 7.00. The molecule has 0 fully saturated rings. The number of rotatable bonds is 11. The highest BCUT2D eigenvalue weighted by atomic mass is 16.5. The number of ether oxygens (including phenoxy) is 1. The summed E-state index contributed by atoms with van der Waals surface area (Å²) in [5.41, 5.74) is 3.59. The van der Waals surface area contributed by atoms with Gasteiger partial charge >= 0.3 is 0 Å². The van der Waals surface area contributed by atoms with E-state index >= 15 is 0 Å². The van der Waals surface area contributed by atoms with Gasteiger partial charge in [0.2, 0.25) is 0 Å². The molecule has 3 nitrogen and oxygen atoms in total. The maximum atomic E-state index is 13.4. The molecule has 3 aromatic rings. The minimum absolute atomic E-state index is 0.0381. The molecule has 0 bridgehead atoms. The Morgan fingerprint density at radius 1 is 0.931 bits per heavy atom. The molecule has 0 radical (unpaired) electrons. The van der Waals surface area contributed by atoms with Gasteiger partial charge in [-0.2, -0.15) is 0 Å². The topological polar surface area (TPSA) is 31.2 Å². The average molecular weight is 392 g/mol. The summed E-state index contributed by atoms with van der Waals surface area (Å²) in [6.07, 6.45) is 7.11. The van der Waals surface area contributed by atoms with Crippen LogP contribution in [0.5, 0.6) is 0 Å². The first kappa shape index (κ1) is 21.3. The van der Waals surface area contributed by atoms with E-state index in [4.69, 9.17) is 4.74 Å². The minimum atomic E-state index is -0.0381. The minimum Gasteiger partial charge on any atom is -0.358 e. The van der Waals surface area contributed by atoms with E-state index in [1.807, 2.05) is 49.4 Å². The summed E-state index contributed by atoms with van der Waals surface area (Å²) >= 11 is 0. The highest BCUT2D eigenvalue weighted by Crippen LogP contribution is 2.33. The van der Waals surface area contributed by atoms with Gasteiger partial charge in [-0.15, -0.1) is 0 Å². The van der Waals surface area contributed by atoms with Crippen molar-refractivity contribution >= 4 is 16.7 Å². The molecule has 0 amide bonds. The second-order valence-electron chi connectivity index (χ2n) is 7.66. The Morgan fingerprint density at radius 2 is 1.62 bits per heavy atom. The van der Waals surface area contributed by atoms with E-state index in [1.165, 1.54) is 25.7 Å². The van der Waals surface area contributed by atoms with E-state index in [-0.39, 0.29) is 12.0 Å². The number of benzene rings is 2. The molecule has 0 aliphatic heterocycles. The molecule has 0 aliphatic rings. The number of nitrogens with zero attached hydrogens (tertiary/aromatic N) is 1. The van der Waals surface area contributed by atoms with Crippen molar-refractivity contribution in [3.63, 3.8) is 0 Å². The van der Waals surface area contributed by atoms with E-state index in [2.05, 4.69) is 30.5 Å². The lowest BCUT2D eigenvalue weighted by atomic mass is 10.0. The van der Waals surface area contributed by atoms with Crippen molar-refractivity contribution in [2.45, 2.75) is 65.5 Å². The number of para-hydroxylation sites is 1. The number of ketones is 1. The predicted octanol–water partition coefficient (Wildman–Crippen LogP) is 7.08. The summed E-state index contributed by atoms with van der Waals surface area (Å²) in [5.74, 6) is 0.0799. The van der Waals surface area contributed by atoms with Crippen LogP contribution in [-0.4, -0.2) is 17.0 Å². The molecule has 1 aromatic heterocycles. The zero-order valence-electron chi connectivity index (χ0n) is 18.0. The Kier molecular flexibility index (Phi) is 7.65. The molecule has 29 heavy (non-hydrogen) atoms. The van der Waals surface area contributed by atoms with Gasteiger partial charge in [-0.25, -0.2) is 0 Å². The molecular weight excluding hydrogens is 358 g/mol. The van der Waals surface area contributed by atoms with Crippen LogP contribution in [0.3, 0.4) is 0 Å². The van der Waals surface area contributed by atoms with Gasteiger partial charge in [0.25, 0.3) is 0 Å². The van der Waals surface area contributed by atoms with Crippen LogP contribution in [0.2, 0.25) is 0 Å². The van der Waals surface area contributed by atoms with Gasteiger partial charge in [-0.05, 0) is 32.8 Å². The fraction of sp³-hybridized carbons (Fsp3) is 0.423. The van der Waals surface area contributed by atoms with Crippen molar-refractivity contribution in [3.05, 3.63) is 71.4 Å². The summed E-state index contributed by atoms with van der Waals surface area (Å²) in [5, 5.41) is 1.01. The number of hydrogen-bond donors (Lipinski definition) is 0. The monoisotopic (exact) mass is 391 g/mol. The maximum Gasteiger partial charge on any atom is 0.195 e. The van der Waals surface area contributed by atoms with Gasteiger partial charge in [0.15, 0.2) is 5.78 Å². The molecule has 0 aliphatic carbocycles. The van der Waals surface area contributed by atoms with Crippen LogP contribution in [0, 0.1) is 6.92 Å². The molecule has 1 atom stereocenters. The van der Waals surface area contributed by atoms with E-state index in [0.29, 0.717) is 6.61 Å². The summed E-state index contributed by atoms with van der Waals surface area (Å²) < 4.78 is 8.42. The smallest absolute Gasteiger partial charge is 0.195 e. The Hall–Kier alpha value is -2.39. The molecule has 3 rings (SSSR count). The number of hydrogen-bond acceptors (Lipinski definition) is 2. The Balaban J connectivity index is 1.98. The number of carbonyl (C=O) groups excluding carboxylic acids is 1. The zero-order valence-corrected chi connectivity index (χ0v) is 18.0. The van der Waals surface area contributed by atoms with Crippen molar-refractivity contribution in [1.82, 2.24) is 4.57 Å². The molecule has 0 spiro atoms. The molecule has 0 saturated heterocycles. The summed E-state index contributed by atoms with van der Waals surface area (Å²) in [6, 6.07) is 17.8. The first-order valence-electron chi connectivity index (χ1n) is 11.0. The fourth-order valence-corrected chi connectivity index (χ4v) is 4.18. The quantitative estimate of drug-likeness (QED) is 0.258. The molecule has 0 N–H and O–H groups in total. The molecule has 3 heteroatoms. The third kappa shape index (κ3) is 4.79. The van der Waals surface area contributed by atoms with Gasteiger partial charge < -0.3 is 9.30 Å². The third-order valence-electron chi connectivity index (χ3n) is 5.62. The van der Waals surface area contributed by atoms with Crippen molar-refractivity contribution in [2.24, 2.45) is 0 Å². The highest BCUT2D eigenvalue weighted by Gasteiger charge is 2.24.